The molecule has 0 bridgehead atoms. The fourth-order valence-electron chi connectivity index (χ4n) is 4.62. The molecule has 1 aromatic carbocycles. The van der Waals surface area contributed by atoms with Gasteiger partial charge in [-0.25, -0.2) is 39.0 Å². The molecule has 4 rings (SSSR count). The predicted octanol–water partition coefficient (Wildman–Crippen LogP) is 2.33. The van der Waals surface area contributed by atoms with Gasteiger partial charge in [0.2, 0.25) is 0 Å². The summed E-state index contributed by atoms with van der Waals surface area (Å²) in [6.45, 7) is 0. The molecule has 0 amide bonds. The molecule has 48 heavy (non-hydrogen) atoms. The van der Waals surface area contributed by atoms with Gasteiger partial charge >= 0.3 is 16.5 Å². The van der Waals surface area contributed by atoms with Crippen LogP contribution in [0, 0.1) is 34.0 Å². The summed E-state index contributed by atoms with van der Waals surface area (Å²) in [6, 6.07) is 1.50. The minimum Gasteiger partial charge on any atom is -0.244 e. The van der Waals surface area contributed by atoms with E-state index in [0.29, 0.717) is 18.2 Å². The lowest BCUT2D eigenvalue weighted by atomic mass is 10.1. The Morgan fingerprint density at radius 1 is 0.396 bits per heavy atom. The Hall–Kier alpha value is -4.47. The molecule has 0 aliphatic heterocycles. The Morgan fingerprint density at radius 2 is 0.542 bits per heavy atom. The van der Waals surface area contributed by atoms with Crippen molar-refractivity contribution in [1.29, 1.82) is 15.8 Å². The minimum absolute atomic E-state index is 0.500. The molecule has 0 heterocycles. The molecule has 24 heteroatoms. The summed E-state index contributed by atoms with van der Waals surface area (Å²) in [6.07, 6.45) is 0. The summed E-state index contributed by atoms with van der Waals surface area (Å²) in [5.41, 5.74) is -25.0. The zero-order valence-electron chi connectivity index (χ0n) is 21.5. The number of alkyl halides is 9. The molecule has 0 N–H and O–H groups in total. The van der Waals surface area contributed by atoms with Gasteiger partial charge in [-0.3, -0.25) is 0 Å². The van der Waals surface area contributed by atoms with Crippen molar-refractivity contribution < 1.29 is 78.5 Å². The first-order chi connectivity index (χ1) is 21.9. The first kappa shape index (κ1) is 36.4. The zero-order chi connectivity index (χ0) is 36.7. The number of benzene rings is 1. The highest BCUT2D eigenvalue weighted by Gasteiger charge is 2.47. The van der Waals surface area contributed by atoms with Crippen LogP contribution in [0.4, 0.5) is 65.9 Å². The lowest BCUT2D eigenvalue weighted by Gasteiger charge is -2.07. The van der Waals surface area contributed by atoms with Crippen LogP contribution >= 0.6 is 0 Å². The van der Waals surface area contributed by atoms with E-state index in [-0.39, 0.29) is 0 Å². The summed E-state index contributed by atoms with van der Waals surface area (Å²) >= 11 is 0. The molecule has 6 nitrogen and oxygen atoms in total. The van der Waals surface area contributed by atoms with Crippen LogP contribution in [-0.4, -0.2) is 29.2 Å². The maximum absolute atomic E-state index is 15.8. The molecule has 0 radical (unpaired) electrons. The van der Waals surface area contributed by atoms with Gasteiger partial charge in [-0.15, -0.1) is 0 Å². The highest BCUT2D eigenvalue weighted by atomic mass is 32.2. The average molecular weight is 759 g/mol. The molecule has 3 aliphatic rings. The van der Waals surface area contributed by atoms with E-state index < -0.39 is 147 Å². The minimum atomic E-state index is -6.00. The lowest BCUT2D eigenvalue weighted by molar-refractivity contribution is -0.0383. The Morgan fingerprint density at radius 3 is 0.646 bits per heavy atom. The smallest absolute Gasteiger partial charge is 0.244 e. The maximum Gasteiger partial charge on any atom is 0.476 e. The van der Waals surface area contributed by atoms with E-state index in [9.17, 15) is 52.1 Å². The van der Waals surface area contributed by atoms with Crippen LogP contribution in [0.1, 0.15) is 0 Å². The Bertz CT molecular complexity index is 2090. The standard InChI is InChI=1S/C24F15N3O3S3/c25-16-7(4(1-40)46(43)22(31,32)33)17(26)11-10(16)12-14(20(29)8(18(12)27)5(2-41)47(44)23(34,35)36)15-13(11)19(28)9(21(15)30)6(3-42)48(45)24(37,38)39. The quantitative estimate of drug-likeness (QED) is 0.345. The number of fused-ring (bicyclic) bond motifs is 6. The predicted molar refractivity (Wildman–Crippen MR) is 132 cm³/mol. The van der Waals surface area contributed by atoms with Crippen molar-refractivity contribution in [2.24, 2.45) is 0 Å². The summed E-state index contributed by atoms with van der Waals surface area (Å²) in [4.78, 5) is -7.21. The van der Waals surface area contributed by atoms with E-state index in [2.05, 4.69) is 0 Å². The van der Waals surface area contributed by atoms with Gasteiger partial charge in [0.1, 0.15) is 67.9 Å². The number of hydrogen-bond acceptors (Lipinski definition) is 6. The first-order valence-corrected chi connectivity index (χ1v) is 14.7. The summed E-state index contributed by atoms with van der Waals surface area (Å²) in [5.74, 6) is -16.0. The van der Waals surface area contributed by atoms with Crippen LogP contribution in [0.2, 0.25) is 0 Å². The van der Waals surface area contributed by atoms with E-state index in [0.717, 1.165) is 0 Å². The van der Waals surface area contributed by atoms with Crippen molar-refractivity contribution >= 4 is 67.4 Å². The molecular formula is C24F15N3O3S3. The van der Waals surface area contributed by atoms with E-state index in [4.69, 9.17) is 15.8 Å². The molecule has 0 fully saturated rings. The van der Waals surface area contributed by atoms with Crippen LogP contribution in [0.5, 0.6) is 0 Å². The Balaban J connectivity index is 2.57. The van der Waals surface area contributed by atoms with Crippen molar-refractivity contribution in [3.63, 3.8) is 0 Å². The van der Waals surface area contributed by atoms with Crippen molar-refractivity contribution in [2.45, 2.75) is 16.5 Å². The SMILES string of the molecule is N#CC(=C1C(F)=c2c3c(c4c(c2=C1F)=C(F)C(=C(C#N)S(=O)C(F)(F)F)C=4F)=C(F)C(=C(C#N)S(=O)C(F)(F)F)C=3F)S(=O)C(F)(F)F. The third-order valence-electron chi connectivity index (χ3n) is 6.31. The fraction of sp³-hybridized carbons (Fsp3) is 0.125. The fourth-order valence-corrected chi connectivity index (χ4v) is 6.66. The molecule has 0 saturated heterocycles. The van der Waals surface area contributed by atoms with Crippen molar-refractivity contribution in [1.82, 2.24) is 0 Å². The van der Waals surface area contributed by atoms with Crippen LogP contribution in [-0.2, 0) is 32.4 Å². The molecule has 1 aromatic rings. The van der Waals surface area contributed by atoms with Gasteiger partial charge in [-0.05, 0) is 0 Å². The second-order valence-corrected chi connectivity index (χ2v) is 13.0. The van der Waals surface area contributed by atoms with E-state index in [1.807, 2.05) is 0 Å². The highest BCUT2D eigenvalue weighted by Crippen LogP contribution is 2.38. The lowest BCUT2D eigenvalue weighted by Crippen LogP contribution is -2.64. The van der Waals surface area contributed by atoms with Crippen LogP contribution in [0.15, 0.2) is 31.4 Å². The highest BCUT2D eigenvalue weighted by molar-refractivity contribution is 7.90. The van der Waals surface area contributed by atoms with Gasteiger partial charge < -0.3 is 0 Å². The van der Waals surface area contributed by atoms with Gasteiger partial charge in [-0.1, -0.05) is 0 Å². The number of halogens is 15. The third-order valence-corrected chi connectivity index (χ3v) is 9.57. The van der Waals surface area contributed by atoms with Gasteiger partial charge in [0.15, 0.2) is 32.4 Å². The van der Waals surface area contributed by atoms with Crippen LogP contribution < -0.4 is 31.3 Å². The van der Waals surface area contributed by atoms with Gasteiger partial charge in [-0.2, -0.15) is 55.3 Å². The maximum atomic E-state index is 15.8. The van der Waals surface area contributed by atoms with E-state index in [1.54, 1.807) is 0 Å². The summed E-state index contributed by atoms with van der Waals surface area (Å²) in [5, 5.41) is 15.2. The summed E-state index contributed by atoms with van der Waals surface area (Å²) < 4.78 is 250. The zero-order valence-corrected chi connectivity index (χ0v) is 23.9. The van der Waals surface area contributed by atoms with Crippen molar-refractivity contribution in [3.05, 3.63) is 62.7 Å². The molecule has 252 valence electrons. The van der Waals surface area contributed by atoms with E-state index >= 15 is 26.3 Å². The molecule has 0 saturated carbocycles. The Kier molecular flexibility index (Phi) is 8.79. The van der Waals surface area contributed by atoms with Gasteiger partial charge in [0.05, 0.1) is 16.7 Å². The largest absolute Gasteiger partial charge is 0.476 e. The number of nitriles is 3. The normalized spacial score (nSPS) is 17.9. The molecular weight excluding hydrogens is 759 g/mol. The second-order valence-electron chi connectivity index (χ2n) is 8.73. The number of allylic oxidation sites excluding steroid dienone is 6. The monoisotopic (exact) mass is 759 g/mol. The molecule has 0 aromatic heterocycles. The Labute approximate surface area is 259 Å². The number of hydrogen-bond donors (Lipinski definition) is 0. The molecule has 0 spiro atoms. The molecule has 3 unspecified atom stereocenters. The third kappa shape index (κ3) is 5.11. The summed E-state index contributed by atoms with van der Waals surface area (Å²) in [7, 11) is -14.1. The van der Waals surface area contributed by atoms with Crippen molar-refractivity contribution in [2.75, 3.05) is 0 Å². The first-order valence-electron chi connectivity index (χ1n) is 11.2. The molecule has 3 atom stereocenters. The molecule has 3 aliphatic carbocycles. The second kappa shape index (κ2) is 11.6. The number of nitrogens with zero attached hydrogens (tertiary/aromatic N) is 3. The van der Waals surface area contributed by atoms with Gasteiger partial charge in [0.25, 0.3) is 0 Å². The van der Waals surface area contributed by atoms with Crippen LogP contribution in [0.3, 0.4) is 0 Å². The van der Waals surface area contributed by atoms with Crippen LogP contribution in [0.25, 0.3) is 35.0 Å². The number of rotatable bonds is 3. The van der Waals surface area contributed by atoms with Crippen molar-refractivity contribution in [3.8, 4) is 18.2 Å². The van der Waals surface area contributed by atoms with Gasteiger partial charge in [0, 0.05) is 31.3 Å². The van der Waals surface area contributed by atoms with E-state index in [1.165, 1.54) is 0 Å². The average Bonchev–Trinajstić information content (AvgIpc) is 3.49. The topological polar surface area (TPSA) is 123 Å².